The number of benzene rings is 1. The van der Waals surface area contributed by atoms with Gasteiger partial charge in [0, 0.05) is 43.8 Å². The van der Waals surface area contributed by atoms with E-state index in [0.717, 1.165) is 25.9 Å². The second-order valence-electron chi connectivity index (χ2n) is 8.95. The van der Waals surface area contributed by atoms with Gasteiger partial charge >= 0.3 is 11.9 Å². The van der Waals surface area contributed by atoms with Gasteiger partial charge in [0.2, 0.25) is 5.43 Å². The molecule has 5 N–H and O–H groups in total. The van der Waals surface area contributed by atoms with Crippen molar-refractivity contribution in [2.45, 2.75) is 45.2 Å². The van der Waals surface area contributed by atoms with Crippen LogP contribution in [0.15, 0.2) is 23.1 Å². The number of hydrogen-bond acceptors (Lipinski definition) is 6. The number of fused-ring (bicyclic) bond motifs is 1. The topological polar surface area (TPSA) is 138 Å². The predicted molar refractivity (Wildman–Crippen MR) is 124 cm³/mol. The summed E-state index contributed by atoms with van der Waals surface area (Å²) in [7, 11) is 0. The largest absolute Gasteiger partial charge is 0.480 e. The van der Waals surface area contributed by atoms with Gasteiger partial charge in [0.05, 0.1) is 11.2 Å². The van der Waals surface area contributed by atoms with Crippen LogP contribution < -0.4 is 21.4 Å². The molecule has 2 aliphatic rings. The normalized spacial score (nSPS) is 16.9. The molecule has 2 heterocycles. The molecule has 33 heavy (non-hydrogen) atoms. The fraction of sp³-hybridized carbons (Fsp3) is 0.522. The molecular weight excluding hydrogens is 431 g/mol. The molecule has 1 aromatic carbocycles. The van der Waals surface area contributed by atoms with Gasteiger partial charge in [-0.25, -0.2) is 9.18 Å². The zero-order valence-corrected chi connectivity index (χ0v) is 18.9. The van der Waals surface area contributed by atoms with Crippen molar-refractivity contribution in [1.82, 2.24) is 9.88 Å². The average Bonchev–Trinajstić information content (AvgIpc) is 3.59. The first-order valence-corrected chi connectivity index (χ1v) is 11.2. The van der Waals surface area contributed by atoms with Crippen molar-refractivity contribution >= 4 is 28.5 Å². The van der Waals surface area contributed by atoms with Crippen LogP contribution in [0.25, 0.3) is 10.9 Å². The number of aliphatic carboxylic acids is 1. The lowest BCUT2D eigenvalue weighted by Gasteiger charge is -2.30. The Labute approximate surface area is 191 Å². The molecule has 180 valence electrons. The molecule has 1 saturated heterocycles. The number of carboxylic acid groups (broad SMARTS) is 2. The first-order valence-electron chi connectivity index (χ1n) is 11.2. The van der Waals surface area contributed by atoms with E-state index in [9.17, 15) is 23.9 Å². The minimum Gasteiger partial charge on any atom is -0.480 e. The minimum absolute atomic E-state index is 0.137. The van der Waals surface area contributed by atoms with Crippen molar-refractivity contribution in [3.63, 3.8) is 0 Å². The highest BCUT2D eigenvalue weighted by atomic mass is 19.1. The summed E-state index contributed by atoms with van der Waals surface area (Å²) >= 11 is 0. The SMILES string of the molecule is CC(C)C[C@H](N)C(=O)O.O=C(O)c1cn(C2CC2)c2cc(N3CCNCC3)c(F)cc2c1=O. The van der Waals surface area contributed by atoms with Crippen LogP contribution in [0.3, 0.4) is 0 Å². The number of nitrogens with one attached hydrogen (secondary N) is 1. The smallest absolute Gasteiger partial charge is 0.341 e. The molecule has 1 aliphatic heterocycles. The number of rotatable bonds is 6. The van der Waals surface area contributed by atoms with E-state index in [1.54, 1.807) is 6.07 Å². The second kappa shape index (κ2) is 10.3. The van der Waals surface area contributed by atoms with E-state index in [2.05, 4.69) is 5.32 Å². The van der Waals surface area contributed by atoms with E-state index < -0.39 is 29.2 Å². The third kappa shape index (κ3) is 5.88. The first-order chi connectivity index (χ1) is 15.6. The number of aromatic nitrogens is 1. The monoisotopic (exact) mass is 462 g/mol. The summed E-state index contributed by atoms with van der Waals surface area (Å²) in [6, 6.07) is 2.39. The highest BCUT2D eigenvalue weighted by Crippen LogP contribution is 2.38. The van der Waals surface area contributed by atoms with Gasteiger partial charge in [-0.1, -0.05) is 13.8 Å². The molecule has 4 rings (SSSR count). The van der Waals surface area contributed by atoms with Gasteiger partial charge in [-0.3, -0.25) is 9.59 Å². The summed E-state index contributed by atoms with van der Waals surface area (Å²) < 4.78 is 16.4. The highest BCUT2D eigenvalue weighted by molar-refractivity contribution is 5.93. The molecule has 1 aliphatic carbocycles. The number of anilines is 1. The van der Waals surface area contributed by atoms with Crippen LogP contribution >= 0.6 is 0 Å². The van der Waals surface area contributed by atoms with Gasteiger partial charge in [0.15, 0.2) is 0 Å². The maximum Gasteiger partial charge on any atom is 0.341 e. The van der Waals surface area contributed by atoms with E-state index in [1.807, 2.05) is 23.3 Å². The molecule has 1 aromatic heterocycles. The molecule has 2 fully saturated rings. The number of pyridine rings is 1. The Kier molecular flexibility index (Phi) is 7.70. The van der Waals surface area contributed by atoms with Crippen LogP contribution in [-0.2, 0) is 4.79 Å². The van der Waals surface area contributed by atoms with E-state index in [0.29, 0.717) is 36.6 Å². The lowest BCUT2D eigenvalue weighted by Crippen LogP contribution is -2.43. The van der Waals surface area contributed by atoms with Crippen LogP contribution in [0, 0.1) is 11.7 Å². The van der Waals surface area contributed by atoms with Gasteiger partial charge in [-0.15, -0.1) is 0 Å². The molecule has 0 radical (unpaired) electrons. The standard InChI is InChI=1S/C17H18FN3O3.C6H13NO2/c18-13-7-11-14(8-15(13)20-5-3-19-4-6-20)21(10-1-2-10)9-12(16(11)22)17(23)24;1-4(2)3-5(7)6(8)9/h7-10,19H,1-6H2,(H,23,24);4-5H,3,7H2,1-2H3,(H,8,9)/t;5-/m.0/s1. The van der Waals surface area contributed by atoms with Crippen molar-refractivity contribution in [3.8, 4) is 0 Å². The van der Waals surface area contributed by atoms with Crippen molar-refractivity contribution in [3.05, 3.63) is 39.9 Å². The van der Waals surface area contributed by atoms with Crippen molar-refractivity contribution in [2.75, 3.05) is 31.1 Å². The van der Waals surface area contributed by atoms with Crippen molar-refractivity contribution < 1.29 is 24.2 Å². The fourth-order valence-corrected chi connectivity index (χ4v) is 3.92. The number of aromatic carboxylic acids is 1. The van der Waals surface area contributed by atoms with E-state index in [1.165, 1.54) is 12.3 Å². The van der Waals surface area contributed by atoms with E-state index in [-0.39, 0.29) is 17.0 Å². The molecule has 0 bridgehead atoms. The summed E-state index contributed by atoms with van der Waals surface area (Å²) in [5, 5.41) is 20.9. The Morgan fingerprint density at radius 3 is 2.33 bits per heavy atom. The molecule has 1 saturated carbocycles. The predicted octanol–water partition coefficient (Wildman–Crippen LogP) is 2.03. The average molecular weight is 463 g/mol. The lowest BCUT2D eigenvalue weighted by molar-refractivity contribution is -0.138. The van der Waals surface area contributed by atoms with Gasteiger partial charge in [-0.2, -0.15) is 0 Å². The Morgan fingerprint density at radius 1 is 1.21 bits per heavy atom. The van der Waals surface area contributed by atoms with Gasteiger partial charge < -0.3 is 30.7 Å². The molecule has 1 atom stereocenters. The van der Waals surface area contributed by atoms with Crippen LogP contribution in [-0.4, -0.2) is 58.9 Å². The number of nitrogens with zero attached hydrogens (tertiary/aromatic N) is 2. The number of piperazine rings is 1. The number of halogens is 1. The number of nitrogens with two attached hydrogens (primary N) is 1. The molecule has 0 spiro atoms. The molecular formula is C23H31FN4O5. The molecule has 9 nitrogen and oxygen atoms in total. The van der Waals surface area contributed by atoms with Crippen LogP contribution in [0.1, 0.15) is 49.5 Å². The van der Waals surface area contributed by atoms with E-state index in [4.69, 9.17) is 10.8 Å². The quantitative estimate of drug-likeness (QED) is 0.512. The van der Waals surface area contributed by atoms with Crippen LogP contribution in [0.2, 0.25) is 0 Å². The third-order valence-corrected chi connectivity index (χ3v) is 5.77. The van der Waals surface area contributed by atoms with E-state index >= 15 is 0 Å². The lowest BCUT2D eigenvalue weighted by atomic mass is 10.1. The van der Waals surface area contributed by atoms with Crippen LogP contribution in [0.4, 0.5) is 10.1 Å². The molecule has 0 unspecified atom stereocenters. The highest BCUT2D eigenvalue weighted by Gasteiger charge is 2.28. The van der Waals surface area contributed by atoms with Crippen LogP contribution in [0.5, 0.6) is 0 Å². The maximum atomic E-state index is 14.6. The number of carbonyl (C=O) groups is 2. The molecule has 0 amide bonds. The minimum atomic E-state index is -1.28. The molecule has 2 aromatic rings. The van der Waals surface area contributed by atoms with Gasteiger partial charge in [0.25, 0.3) is 0 Å². The first kappa shape index (κ1) is 24.7. The van der Waals surface area contributed by atoms with Gasteiger partial charge in [-0.05, 0) is 37.3 Å². The summed E-state index contributed by atoms with van der Waals surface area (Å²) in [6.07, 6.45) is 3.84. The number of hydrogen-bond donors (Lipinski definition) is 4. The van der Waals surface area contributed by atoms with Crippen molar-refractivity contribution in [2.24, 2.45) is 11.7 Å². The Morgan fingerprint density at radius 2 is 1.85 bits per heavy atom. The zero-order chi connectivity index (χ0) is 24.3. The maximum absolute atomic E-state index is 14.6. The summed E-state index contributed by atoms with van der Waals surface area (Å²) in [4.78, 5) is 35.8. The summed E-state index contributed by atoms with van der Waals surface area (Å²) in [6.45, 7) is 6.86. The van der Waals surface area contributed by atoms with Gasteiger partial charge in [0.1, 0.15) is 17.4 Å². The van der Waals surface area contributed by atoms with Crippen molar-refractivity contribution in [1.29, 1.82) is 0 Å². The number of carboxylic acids is 2. The fourth-order valence-electron chi connectivity index (χ4n) is 3.92. The Balaban J connectivity index is 0.000000292. The zero-order valence-electron chi connectivity index (χ0n) is 18.9. The Hall–Kier alpha value is -2.98. The third-order valence-electron chi connectivity index (χ3n) is 5.77. The summed E-state index contributed by atoms with van der Waals surface area (Å²) in [5.41, 5.74) is 5.38. The second-order valence-corrected chi connectivity index (χ2v) is 8.95. The Bertz CT molecular complexity index is 1090. The summed E-state index contributed by atoms with van der Waals surface area (Å²) in [5.74, 6) is -2.31. The molecule has 10 heteroatoms.